The maximum atomic E-state index is 12.6. The average molecular weight is 391 g/mol. The van der Waals surface area contributed by atoms with Crippen molar-refractivity contribution in [3.8, 4) is 5.75 Å². The van der Waals surface area contributed by atoms with E-state index in [1.165, 1.54) is 26.4 Å². The number of nitrogens with one attached hydrogen (secondary N) is 2. The summed E-state index contributed by atoms with van der Waals surface area (Å²) in [7, 11) is 2.71. The Morgan fingerprint density at radius 3 is 2.25 bits per heavy atom. The van der Waals surface area contributed by atoms with Gasteiger partial charge in [-0.25, -0.2) is 4.79 Å². The van der Waals surface area contributed by atoms with Gasteiger partial charge in [-0.15, -0.1) is 0 Å². The van der Waals surface area contributed by atoms with Crippen molar-refractivity contribution in [3.05, 3.63) is 29.3 Å². The molecule has 1 fully saturated rings. The molecule has 1 aliphatic carbocycles. The van der Waals surface area contributed by atoms with Gasteiger partial charge in [0.1, 0.15) is 5.75 Å². The lowest BCUT2D eigenvalue weighted by Crippen LogP contribution is -2.42. The van der Waals surface area contributed by atoms with Crippen LogP contribution in [0.3, 0.4) is 0 Å². The fourth-order valence-electron chi connectivity index (χ4n) is 3.17. The van der Waals surface area contributed by atoms with E-state index in [2.05, 4.69) is 10.6 Å². The second-order valence-corrected chi connectivity index (χ2v) is 6.65. The van der Waals surface area contributed by atoms with E-state index in [4.69, 9.17) is 15.2 Å². The number of rotatable bonds is 7. The zero-order chi connectivity index (χ0) is 20.7. The molecule has 0 spiro atoms. The minimum absolute atomic E-state index is 0.0829. The minimum atomic E-state index is -0.584. The van der Waals surface area contributed by atoms with Crippen LogP contribution in [-0.4, -0.2) is 50.5 Å². The number of nitrogens with two attached hydrogens (primary N) is 1. The van der Waals surface area contributed by atoms with Crippen LogP contribution in [0.1, 0.15) is 46.4 Å². The number of carbonyl (C=O) groups is 4. The molecule has 3 amide bonds. The maximum absolute atomic E-state index is 12.6. The second-order valence-electron chi connectivity index (χ2n) is 6.65. The number of amides is 3. The monoisotopic (exact) mass is 391 g/mol. The summed E-state index contributed by atoms with van der Waals surface area (Å²) in [6, 6.07) is 4.41. The highest BCUT2D eigenvalue weighted by Gasteiger charge is 2.27. The van der Waals surface area contributed by atoms with Gasteiger partial charge in [-0.05, 0) is 43.9 Å². The van der Waals surface area contributed by atoms with E-state index in [1.807, 2.05) is 0 Å². The summed E-state index contributed by atoms with van der Waals surface area (Å²) in [6.45, 7) is -0.173. The fraction of sp³-hybridized carbons (Fsp3) is 0.474. The predicted molar refractivity (Wildman–Crippen MR) is 99.7 cm³/mol. The van der Waals surface area contributed by atoms with Crippen LogP contribution in [0.15, 0.2) is 18.2 Å². The van der Waals surface area contributed by atoms with Crippen molar-refractivity contribution < 1.29 is 28.7 Å². The minimum Gasteiger partial charge on any atom is -0.497 e. The molecule has 1 saturated carbocycles. The van der Waals surface area contributed by atoms with Crippen LogP contribution in [0.25, 0.3) is 0 Å². The molecule has 0 unspecified atom stereocenters. The first-order valence-electron chi connectivity index (χ1n) is 8.98. The average Bonchev–Trinajstić information content (AvgIpc) is 2.71. The standard InChI is InChI=1S/C19H25N3O6/c1-27-15-8-12(7-13(9-15)19(26)28-2)18(25)22-14-5-3-11(4-6-14)17(24)21-10-16(20)23/h7-9,11,14H,3-6,10H2,1-2H3,(H2,20,23)(H,21,24)(H,22,25). The van der Waals surface area contributed by atoms with Crippen LogP contribution in [0.4, 0.5) is 0 Å². The molecule has 0 radical (unpaired) electrons. The van der Waals surface area contributed by atoms with E-state index in [-0.39, 0.29) is 35.9 Å². The molecule has 0 aromatic heterocycles. The van der Waals surface area contributed by atoms with Gasteiger partial charge < -0.3 is 25.8 Å². The van der Waals surface area contributed by atoms with Gasteiger partial charge in [-0.2, -0.15) is 0 Å². The van der Waals surface area contributed by atoms with Crippen LogP contribution < -0.4 is 21.1 Å². The Kier molecular flexibility index (Phi) is 7.36. The Balaban J connectivity index is 1.94. The molecule has 2 rings (SSSR count). The van der Waals surface area contributed by atoms with Crippen LogP contribution in [0.5, 0.6) is 5.75 Å². The SMILES string of the molecule is COC(=O)c1cc(OC)cc(C(=O)NC2CCC(C(=O)NCC(N)=O)CC2)c1. The molecule has 28 heavy (non-hydrogen) atoms. The summed E-state index contributed by atoms with van der Waals surface area (Å²) in [4.78, 5) is 47.1. The molecule has 0 atom stereocenters. The van der Waals surface area contributed by atoms with E-state index in [9.17, 15) is 19.2 Å². The molecule has 0 bridgehead atoms. The Morgan fingerprint density at radius 1 is 1.04 bits per heavy atom. The topological polar surface area (TPSA) is 137 Å². The summed E-state index contributed by atoms with van der Waals surface area (Å²) < 4.78 is 9.84. The lowest BCUT2D eigenvalue weighted by molar-refractivity contribution is -0.128. The summed E-state index contributed by atoms with van der Waals surface area (Å²) in [5.41, 5.74) is 5.54. The Hall–Kier alpha value is -3.10. The Bertz CT molecular complexity index is 756. The number of ether oxygens (including phenoxy) is 2. The zero-order valence-electron chi connectivity index (χ0n) is 15.9. The van der Waals surface area contributed by atoms with Crippen LogP contribution >= 0.6 is 0 Å². The first kappa shape index (κ1) is 21.2. The molecule has 152 valence electrons. The number of carbonyl (C=O) groups excluding carboxylic acids is 4. The number of hydrogen-bond acceptors (Lipinski definition) is 6. The molecule has 1 aliphatic rings. The number of hydrogen-bond donors (Lipinski definition) is 3. The van der Waals surface area contributed by atoms with E-state index in [1.54, 1.807) is 6.07 Å². The van der Waals surface area contributed by atoms with Crippen molar-refractivity contribution in [1.29, 1.82) is 0 Å². The molecule has 0 aliphatic heterocycles. The molecular weight excluding hydrogens is 366 g/mol. The first-order valence-corrected chi connectivity index (χ1v) is 8.98. The summed E-state index contributed by atoms with van der Waals surface area (Å²) in [5.74, 6) is -1.49. The molecule has 1 aromatic carbocycles. The summed E-state index contributed by atoms with van der Waals surface area (Å²) in [6.07, 6.45) is 2.46. The van der Waals surface area contributed by atoms with Gasteiger partial charge in [0.2, 0.25) is 11.8 Å². The van der Waals surface area contributed by atoms with Gasteiger partial charge in [0.05, 0.1) is 26.3 Å². The van der Waals surface area contributed by atoms with Crippen molar-refractivity contribution in [1.82, 2.24) is 10.6 Å². The summed E-state index contributed by atoms with van der Waals surface area (Å²) >= 11 is 0. The lowest BCUT2D eigenvalue weighted by atomic mass is 9.85. The smallest absolute Gasteiger partial charge is 0.338 e. The molecule has 0 heterocycles. The molecule has 0 saturated heterocycles. The number of primary amides is 1. The highest BCUT2D eigenvalue weighted by atomic mass is 16.5. The zero-order valence-corrected chi connectivity index (χ0v) is 15.9. The van der Waals surface area contributed by atoms with Crippen molar-refractivity contribution in [2.75, 3.05) is 20.8 Å². The van der Waals surface area contributed by atoms with Crippen molar-refractivity contribution in [2.45, 2.75) is 31.7 Å². The van der Waals surface area contributed by atoms with Crippen molar-refractivity contribution in [3.63, 3.8) is 0 Å². The molecular formula is C19H25N3O6. The molecule has 9 heteroatoms. The lowest BCUT2D eigenvalue weighted by Gasteiger charge is -2.28. The second kappa shape index (κ2) is 9.72. The van der Waals surface area contributed by atoms with Crippen LogP contribution in [-0.2, 0) is 14.3 Å². The number of esters is 1. The third-order valence-electron chi connectivity index (χ3n) is 4.70. The van der Waals surface area contributed by atoms with E-state index in [0.29, 0.717) is 37.0 Å². The molecule has 9 nitrogen and oxygen atoms in total. The van der Waals surface area contributed by atoms with Gasteiger partial charge in [0.15, 0.2) is 0 Å². The van der Waals surface area contributed by atoms with Crippen molar-refractivity contribution in [2.24, 2.45) is 11.7 Å². The highest BCUT2D eigenvalue weighted by Crippen LogP contribution is 2.25. The third-order valence-corrected chi connectivity index (χ3v) is 4.70. The Morgan fingerprint density at radius 2 is 1.68 bits per heavy atom. The van der Waals surface area contributed by atoms with Crippen LogP contribution in [0, 0.1) is 5.92 Å². The number of benzene rings is 1. The summed E-state index contributed by atoms with van der Waals surface area (Å²) in [5, 5.41) is 5.44. The van der Waals surface area contributed by atoms with E-state index >= 15 is 0 Å². The van der Waals surface area contributed by atoms with E-state index in [0.717, 1.165) is 0 Å². The van der Waals surface area contributed by atoms with Gasteiger partial charge in [0.25, 0.3) is 5.91 Å². The maximum Gasteiger partial charge on any atom is 0.338 e. The predicted octanol–water partition coefficient (Wildman–Crippen LogP) is 0.372. The van der Waals surface area contributed by atoms with Crippen molar-refractivity contribution >= 4 is 23.7 Å². The van der Waals surface area contributed by atoms with Gasteiger partial charge >= 0.3 is 5.97 Å². The third kappa shape index (κ3) is 5.70. The van der Waals surface area contributed by atoms with Gasteiger partial charge in [-0.1, -0.05) is 0 Å². The first-order chi connectivity index (χ1) is 13.3. The van der Waals surface area contributed by atoms with Gasteiger partial charge in [-0.3, -0.25) is 14.4 Å². The highest BCUT2D eigenvalue weighted by molar-refractivity contribution is 5.98. The van der Waals surface area contributed by atoms with Crippen LogP contribution in [0.2, 0.25) is 0 Å². The van der Waals surface area contributed by atoms with E-state index < -0.39 is 11.9 Å². The number of methoxy groups -OCH3 is 2. The largest absolute Gasteiger partial charge is 0.497 e. The van der Waals surface area contributed by atoms with Gasteiger partial charge in [0, 0.05) is 17.5 Å². The Labute approximate surface area is 162 Å². The molecule has 1 aromatic rings. The normalized spacial score (nSPS) is 18.6. The molecule has 4 N–H and O–H groups in total. The fourth-order valence-corrected chi connectivity index (χ4v) is 3.17. The quantitative estimate of drug-likeness (QED) is 0.575.